The molecule has 2 aliphatic heterocycles. The van der Waals surface area contributed by atoms with E-state index in [-0.39, 0.29) is 5.91 Å². The van der Waals surface area contributed by atoms with Crippen molar-refractivity contribution in [3.05, 3.63) is 71.4 Å². The fourth-order valence-corrected chi connectivity index (χ4v) is 4.64. The molecule has 0 bridgehead atoms. The molecule has 2 fully saturated rings. The molecule has 3 aromatic rings. The fourth-order valence-electron chi connectivity index (χ4n) is 4.64. The number of morpholine rings is 1. The molecule has 1 aromatic heterocycles. The number of aromatic nitrogens is 1. The lowest BCUT2D eigenvalue weighted by Crippen LogP contribution is -2.57. The summed E-state index contributed by atoms with van der Waals surface area (Å²) >= 11 is 0. The molecule has 2 aliphatic rings. The van der Waals surface area contributed by atoms with Crippen LogP contribution in [-0.2, 0) is 16.1 Å². The number of fused-ring (bicyclic) bond motifs is 1. The monoisotopic (exact) mass is 503 g/mol. The Morgan fingerprint density at radius 2 is 1.92 bits per heavy atom. The van der Waals surface area contributed by atoms with Crippen molar-refractivity contribution in [2.75, 3.05) is 32.8 Å². The SMILES string of the molecule is Cc1cc(COc2ccc(C(=O)NC(CN3CCOCC3)C3NC(=O)NC3=O)cc2)c2ccccc2n1. The Balaban J connectivity index is 1.25. The van der Waals surface area contributed by atoms with Gasteiger partial charge in [0.05, 0.1) is 24.8 Å². The number of pyridine rings is 1. The first kappa shape index (κ1) is 24.7. The summed E-state index contributed by atoms with van der Waals surface area (Å²) in [5.74, 6) is -0.164. The van der Waals surface area contributed by atoms with E-state index in [4.69, 9.17) is 9.47 Å². The van der Waals surface area contributed by atoms with Gasteiger partial charge >= 0.3 is 6.03 Å². The third kappa shape index (κ3) is 5.87. The largest absolute Gasteiger partial charge is 0.489 e. The number of nitrogens with one attached hydrogen (secondary N) is 3. The minimum absolute atomic E-state index is 0.338. The van der Waals surface area contributed by atoms with E-state index >= 15 is 0 Å². The number of ether oxygens (including phenoxy) is 2. The Morgan fingerprint density at radius 3 is 2.65 bits per heavy atom. The number of carbonyl (C=O) groups excluding carboxylic acids is 3. The zero-order valence-corrected chi connectivity index (χ0v) is 20.5. The van der Waals surface area contributed by atoms with Crippen LogP contribution in [0.15, 0.2) is 54.6 Å². The zero-order valence-electron chi connectivity index (χ0n) is 20.5. The van der Waals surface area contributed by atoms with Crippen molar-refractivity contribution in [3.63, 3.8) is 0 Å². The summed E-state index contributed by atoms with van der Waals surface area (Å²) in [6, 6.07) is 14.8. The number of aryl methyl sites for hydroxylation is 1. The Labute approximate surface area is 214 Å². The van der Waals surface area contributed by atoms with Gasteiger partial charge in [-0.2, -0.15) is 0 Å². The van der Waals surface area contributed by atoms with Crippen molar-refractivity contribution < 1.29 is 23.9 Å². The number of imide groups is 1. The molecule has 0 aliphatic carbocycles. The molecular formula is C27H29N5O5. The maximum absolute atomic E-state index is 13.1. The van der Waals surface area contributed by atoms with Crippen LogP contribution in [0.4, 0.5) is 4.79 Å². The van der Waals surface area contributed by atoms with Gasteiger partial charge in [0.25, 0.3) is 11.8 Å². The number of nitrogens with zero attached hydrogens (tertiary/aromatic N) is 2. The summed E-state index contributed by atoms with van der Waals surface area (Å²) < 4.78 is 11.4. The second kappa shape index (κ2) is 10.9. The number of benzene rings is 2. The van der Waals surface area contributed by atoms with Crippen molar-refractivity contribution in [1.82, 2.24) is 25.8 Å². The predicted octanol–water partition coefficient (Wildman–Crippen LogP) is 1.76. The third-order valence-electron chi connectivity index (χ3n) is 6.52. The Bertz CT molecular complexity index is 1310. The van der Waals surface area contributed by atoms with Crippen molar-refractivity contribution in [2.24, 2.45) is 0 Å². The number of amides is 4. The second-order valence-corrected chi connectivity index (χ2v) is 9.19. The van der Waals surface area contributed by atoms with E-state index in [1.807, 2.05) is 37.3 Å². The molecular weight excluding hydrogens is 474 g/mol. The first-order valence-corrected chi connectivity index (χ1v) is 12.3. The molecule has 192 valence electrons. The van der Waals surface area contributed by atoms with Gasteiger partial charge in [-0.15, -0.1) is 0 Å². The molecule has 37 heavy (non-hydrogen) atoms. The number of carbonyl (C=O) groups is 3. The van der Waals surface area contributed by atoms with E-state index in [1.165, 1.54) is 0 Å². The third-order valence-corrected chi connectivity index (χ3v) is 6.52. The summed E-state index contributed by atoms with van der Waals surface area (Å²) in [7, 11) is 0. The first-order valence-electron chi connectivity index (χ1n) is 12.3. The van der Waals surface area contributed by atoms with Crippen LogP contribution in [0.2, 0.25) is 0 Å². The van der Waals surface area contributed by atoms with E-state index in [0.717, 1.165) is 22.2 Å². The number of para-hydroxylation sites is 1. The quantitative estimate of drug-likeness (QED) is 0.401. The minimum atomic E-state index is -0.847. The van der Waals surface area contributed by atoms with E-state index < -0.39 is 24.0 Å². The number of hydrogen-bond acceptors (Lipinski definition) is 7. The normalized spacial score (nSPS) is 18.8. The molecule has 10 heteroatoms. The number of rotatable bonds is 8. The standard InChI is InChI=1S/C27H29N5O5/c1-17-14-19(21-4-2-3-5-22(21)28-17)16-37-20-8-6-18(7-9-20)25(33)29-23(15-32-10-12-36-13-11-32)24-26(34)31-27(35)30-24/h2-9,14,23-24H,10-13,15-16H2,1H3,(H,29,33)(H2,30,31,34,35). The average molecular weight is 504 g/mol. The highest BCUT2D eigenvalue weighted by atomic mass is 16.5. The molecule has 5 rings (SSSR count). The number of hydrogen-bond donors (Lipinski definition) is 3. The summed E-state index contributed by atoms with van der Waals surface area (Å²) in [5, 5.41) is 8.83. The topological polar surface area (TPSA) is 122 Å². The van der Waals surface area contributed by atoms with Crippen LogP contribution in [0.1, 0.15) is 21.6 Å². The van der Waals surface area contributed by atoms with Gasteiger partial charge in [-0.1, -0.05) is 18.2 Å². The molecule has 0 spiro atoms. The van der Waals surface area contributed by atoms with E-state index in [2.05, 4.69) is 25.8 Å². The van der Waals surface area contributed by atoms with Gasteiger partial charge < -0.3 is 20.1 Å². The van der Waals surface area contributed by atoms with Gasteiger partial charge in [-0.3, -0.25) is 24.8 Å². The summed E-state index contributed by atoms with van der Waals surface area (Å²) in [6.45, 7) is 5.28. The van der Waals surface area contributed by atoms with Gasteiger partial charge in [-0.05, 0) is 43.3 Å². The summed E-state index contributed by atoms with van der Waals surface area (Å²) in [5.41, 5.74) is 3.30. The molecule has 2 saturated heterocycles. The molecule has 2 atom stereocenters. The van der Waals surface area contributed by atoms with Crippen LogP contribution >= 0.6 is 0 Å². The van der Waals surface area contributed by atoms with Gasteiger partial charge in [0.1, 0.15) is 18.4 Å². The number of urea groups is 1. The first-order chi connectivity index (χ1) is 18.0. The maximum Gasteiger partial charge on any atom is 0.322 e. The van der Waals surface area contributed by atoms with Crippen LogP contribution in [-0.4, -0.2) is 72.7 Å². The lowest BCUT2D eigenvalue weighted by Gasteiger charge is -2.32. The highest BCUT2D eigenvalue weighted by molar-refractivity contribution is 6.05. The highest BCUT2D eigenvalue weighted by Gasteiger charge is 2.38. The van der Waals surface area contributed by atoms with Crippen LogP contribution < -0.4 is 20.7 Å². The van der Waals surface area contributed by atoms with E-state index in [0.29, 0.717) is 50.8 Å². The molecule has 3 N–H and O–H groups in total. The Morgan fingerprint density at radius 1 is 1.16 bits per heavy atom. The van der Waals surface area contributed by atoms with Crippen molar-refractivity contribution in [3.8, 4) is 5.75 Å². The van der Waals surface area contributed by atoms with Crippen LogP contribution in [0.3, 0.4) is 0 Å². The van der Waals surface area contributed by atoms with Crippen LogP contribution in [0.5, 0.6) is 5.75 Å². The average Bonchev–Trinajstić information content (AvgIpc) is 3.25. The Kier molecular flexibility index (Phi) is 7.29. The van der Waals surface area contributed by atoms with E-state index in [1.54, 1.807) is 24.3 Å². The van der Waals surface area contributed by atoms with Gasteiger partial charge in [-0.25, -0.2) is 4.79 Å². The smallest absolute Gasteiger partial charge is 0.322 e. The van der Waals surface area contributed by atoms with Crippen molar-refractivity contribution >= 4 is 28.7 Å². The molecule has 0 saturated carbocycles. The molecule has 10 nitrogen and oxygen atoms in total. The van der Waals surface area contributed by atoms with Crippen LogP contribution in [0.25, 0.3) is 10.9 Å². The zero-order chi connectivity index (χ0) is 25.8. The molecule has 4 amide bonds. The van der Waals surface area contributed by atoms with Crippen LogP contribution in [0, 0.1) is 6.92 Å². The van der Waals surface area contributed by atoms with Crippen molar-refractivity contribution in [1.29, 1.82) is 0 Å². The van der Waals surface area contributed by atoms with Gasteiger partial charge in [0.2, 0.25) is 0 Å². The Hall–Kier alpha value is -4.02. The fraction of sp³-hybridized carbons (Fsp3) is 0.333. The van der Waals surface area contributed by atoms with Crippen molar-refractivity contribution in [2.45, 2.75) is 25.6 Å². The van der Waals surface area contributed by atoms with Gasteiger partial charge in [0, 0.05) is 41.8 Å². The lowest BCUT2D eigenvalue weighted by atomic mass is 10.1. The second-order valence-electron chi connectivity index (χ2n) is 9.19. The molecule has 2 unspecified atom stereocenters. The highest BCUT2D eigenvalue weighted by Crippen LogP contribution is 2.21. The maximum atomic E-state index is 13.1. The molecule has 2 aromatic carbocycles. The predicted molar refractivity (Wildman–Crippen MR) is 136 cm³/mol. The molecule has 3 heterocycles. The summed E-state index contributed by atoms with van der Waals surface area (Å²) in [6.07, 6.45) is 0. The summed E-state index contributed by atoms with van der Waals surface area (Å²) in [4.78, 5) is 43.8. The molecule has 0 radical (unpaired) electrons. The van der Waals surface area contributed by atoms with E-state index in [9.17, 15) is 14.4 Å². The lowest BCUT2D eigenvalue weighted by molar-refractivity contribution is -0.120. The minimum Gasteiger partial charge on any atom is -0.489 e. The van der Waals surface area contributed by atoms with Gasteiger partial charge in [0.15, 0.2) is 0 Å².